The average Bonchev–Trinajstić information content (AvgIpc) is 2.73. The Morgan fingerprint density at radius 1 is 0.828 bits per heavy atom. The van der Waals surface area contributed by atoms with Crippen LogP contribution >= 0.6 is 0 Å². The van der Waals surface area contributed by atoms with Crippen LogP contribution < -0.4 is 10.6 Å². The molecule has 150 valence electrons. The minimum Gasteiger partial charge on any atom is -0.473 e. The summed E-state index contributed by atoms with van der Waals surface area (Å²) < 4.78 is 0. The molecule has 1 atom stereocenters. The highest BCUT2D eigenvalue weighted by atomic mass is 16.4. The fourth-order valence-corrected chi connectivity index (χ4v) is 2.48. The molecule has 29 heavy (non-hydrogen) atoms. The van der Waals surface area contributed by atoms with Crippen molar-refractivity contribution in [1.82, 2.24) is 5.32 Å². The minimum atomic E-state index is -1.82. The van der Waals surface area contributed by atoms with Crippen LogP contribution in [0, 0.1) is 0 Å². The molecule has 3 aromatic rings. The molecule has 0 radical (unpaired) electrons. The van der Waals surface area contributed by atoms with E-state index in [9.17, 15) is 4.79 Å². The Kier molecular flexibility index (Phi) is 7.88. The summed E-state index contributed by atoms with van der Waals surface area (Å²) in [5.74, 6) is -3.68. The fraction of sp³-hybridized carbons (Fsp3) is 0.136. The molecular formula is C22H22N2O5. The number of nitrogens with one attached hydrogen (secondary N) is 2. The lowest BCUT2D eigenvalue weighted by Gasteiger charge is -2.14. The van der Waals surface area contributed by atoms with Crippen molar-refractivity contribution in [3.8, 4) is 0 Å². The number of carboxylic acids is 2. The number of hydrogen-bond donors (Lipinski definition) is 4. The minimum absolute atomic E-state index is 0.0313. The monoisotopic (exact) mass is 394 g/mol. The molecule has 7 heteroatoms. The van der Waals surface area contributed by atoms with Gasteiger partial charge in [-0.2, -0.15) is 0 Å². The van der Waals surface area contributed by atoms with Crippen LogP contribution in [0.25, 0.3) is 10.8 Å². The molecule has 0 bridgehead atoms. The van der Waals surface area contributed by atoms with Gasteiger partial charge in [-0.05, 0) is 35.4 Å². The van der Waals surface area contributed by atoms with Crippen LogP contribution in [0.3, 0.4) is 0 Å². The summed E-state index contributed by atoms with van der Waals surface area (Å²) in [6, 6.07) is 23.9. The standard InChI is InChI=1S/C20H20N2O.C2H2O4/c1-15(21-14-16-7-3-2-4-8-16)20(23)22-19-12-11-17-9-5-6-10-18(17)13-19;3-1(4)2(5)6/h2-13,15,21H,14H2,1H3,(H,22,23);(H,3,4)(H,5,6). The highest BCUT2D eigenvalue weighted by Crippen LogP contribution is 2.18. The zero-order valence-electron chi connectivity index (χ0n) is 15.8. The molecule has 0 saturated carbocycles. The summed E-state index contributed by atoms with van der Waals surface area (Å²) in [4.78, 5) is 30.5. The summed E-state index contributed by atoms with van der Waals surface area (Å²) in [6.45, 7) is 2.55. The molecule has 0 aliphatic heterocycles. The summed E-state index contributed by atoms with van der Waals surface area (Å²) >= 11 is 0. The van der Waals surface area contributed by atoms with Crippen molar-refractivity contribution in [3.63, 3.8) is 0 Å². The number of hydrogen-bond acceptors (Lipinski definition) is 4. The topological polar surface area (TPSA) is 116 Å². The van der Waals surface area contributed by atoms with Gasteiger partial charge in [-0.15, -0.1) is 0 Å². The Bertz CT molecular complexity index is 977. The molecule has 4 N–H and O–H groups in total. The van der Waals surface area contributed by atoms with Gasteiger partial charge in [-0.25, -0.2) is 9.59 Å². The van der Waals surface area contributed by atoms with E-state index in [0.717, 1.165) is 16.6 Å². The number of amides is 1. The predicted molar refractivity (Wildman–Crippen MR) is 111 cm³/mol. The number of anilines is 1. The third-order valence-corrected chi connectivity index (χ3v) is 4.05. The Hall–Kier alpha value is -3.71. The summed E-state index contributed by atoms with van der Waals surface area (Å²) in [6.07, 6.45) is 0. The fourth-order valence-electron chi connectivity index (χ4n) is 2.48. The van der Waals surface area contributed by atoms with Gasteiger partial charge in [0.05, 0.1) is 6.04 Å². The maximum Gasteiger partial charge on any atom is 0.414 e. The molecule has 0 heterocycles. The molecule has 0 aliphatic rings. The highest BCUT2D eigenvalue weighted by molar-refractivity contribution is 6.27. The first-order valence-corrected chi connectivity index (χ1v) is 8.90. The first-order chi connectivity index (χ1) is 13.9. The third kappa shape index (κ3) is 7.08. The van der Waals surface area contributed by atoms with Crippen molar-refractivity contribution in [2.45, 2.75) is 19.5 Å². The number of fused-ring (bicyclic) bond motifs is 1. The Morgan fingerprint density at radius 2 is 1.41 bits per heavy atom. The SMILES string of the molecule is CC(NCc1ccccc1)C(=O)Nc1ccc2ccccc2c1.O=C(O)C(=O)O. The van der Waals surface area contributed by atoms with E-state index in [2.05, 4.69) is 16.7 Å². The molecule has 7 nitrogen and oxygen atoms in total. The molecule has 0 fully saturated rings. The Balaban J connectivity index is 0.000000438. The van der Waals surface area contributed by atoms with Gasteiger partial charge in [-0.3, -0.25) is 4.79 Å². The quantitative estimate of drug-likeness (QED) is 0.494. The number of rotatable bonds is 5. The van der Waals surface area contributed by atoms with Crippen molar-refractivity contribution >= 4 is 34.3 Å². The number of benzene rings is 3. The van der Waals surface area contributed by atoms with E-state index in [1.807, 2.05) is 73.7 Å². The maximum absolute atomic E-state index is 12.3. The molecule has 0 aromatic heterocycles. The molecule has 1 unspecified atom stereocenters. The molecule has 0 aliphatic carbocycles. The van der Waals surface area contributed by atoms with Crippen LogP contribution in [0.15, 0.2) is 72.8 Å². The second-order valence-corrected chi connectivity index (χ2v) is 6.25. The van der Waals surface area contributed by atoms with Gasteiger partial charge in [0.15, 0.2) is 0 Å². The lowest BCUT2D eigenvalue weighted by molar-refractivity contribution is -0.159. The van der Waals surface area contributed by atoms with Crippen molar-refractivity contribution < 1.29 is 24.6 Å². The summed E-state index contributed by atoms with van der Waals surface area (Å²) in [5.41, 5.74) is 1.99. The van der Waals surface area contributed by atoms with Gasteiger partial charge in [0, 0.05) is 12.2 Å². The Labute approximate surface area is 168 Å². The van der Waals surface area contributed by atoms with Crippen molar-refractivity contribution in [2.75, 3.05) is 5.32 Å². The average molecular weight is 394 g/mol. The number of carbonyl (C=O) groups excluding carboxylic acids is 1. The van der Waals surface area contributed by atoms with Crippen molar-refractivity contribution in [3.05, 3.63) is 78.4 Å². The van der Waals surface area contributed by atoms with E-state index in [-0.39, 0.29) is 11.9 Å². The number of aliphatic carboxylic acids is 2. The molecule has 3 rings (SSSR count). The molecule has 0 spiro atoms. The number of carboxylic acid groups (broad SMARTS) is 2. The van der Waals surface area contributed by atoms with Crippen LogP contribution in [-0.4, -0.2) is 34.1 Å². The molecule has 3 aromatic carbocycles. The van der Waals surface area contributed by atoms with Crippen LogP contribution in [0.2, 0.25) is 0 Å². The van der Waals surface area contributed by atoms with Crippen molar-refractivity contribution in [1.29, 1.82) is 0 Å². The number of carbonyl (C=O) groups is 3. The lowest BCUT2D eigenvalue weighted by Crippen LogP contribution is -2.37. The zero-order valence-corrected chi connectivity index (χ0v) is 15.8. The van der Waals surface area contributed by atoms with E-state index in [1.165, 1.54) is 5.39 Å². The van der Waals surface area contributed by atoms with Crippen LogP contribution in [0.1, 0.15) is 12.5 Å². The highest BCUT2D eigenvalue weighted by Gasteiger charge is 2.12. The summed E-state index contributed by atoms with van der Waals surface area (Å²) in [7, 11) is 0. The van der Waals surface area contributed by atoms with Gasteiger partial charge in [0.2, 0.25) is 5.91 Å². The first-order valence-electron chi connectivity index (χ1n) is 8.90. The Morgan fingerprint density at radius 3 is 2.03 bits per heavy atom. The van der Waals surface area contributed by atoms with Crippen molar-refractivity contribution in [2.24, 2.45) is 0 Å². The maximum atomic E-state index is 12.3. The largest absolute Gasteiger partial charge is 0.473 e. The van der Waals surface area contributed by atoms with Gasteiger partial charge in [-0.1, -0.05) is 60.7 Å². The second-order valence-electron chi connectivity index (χ2n) is 6.25. The zero-order chi connectivity index (χ0) is 21.2. The smallest absolute Gasteiger partial charge is 0.414 e. The van der Waals surface area contributed by atoms with Crippen LogP contribution in [-0.2, 0) is 20.9 Å². The molecule has 0 saturated heterocycles. The van der Waals surface area contributed by atoms with E-state index in [0.29, 0.717) is 6.54 Å². The van der Waals surface area contributed by atoms with E-state index < -0.39 is 11.9 Å². The third-order valence-electron chi connectivity index (χ3n) is 4.05. The summed E-state index contributed by atoms with van der Waals surface area (Å²) in [5, 5.41) is 23.3. The van der Waals surface area contributed by atoms with Gasteiger partial charge in [0.1, 0.15) is 0 Å². The van der Waals surface area contributed by atoms with Crippen LogP contribution in [0.5, 0.6) is 0 Å². The lowest BCUT2D eigenvalue weighted by atomic mass is 10.1. The van der Waals surface area contributed by atoms with E-state index >= 15 is 0 Å². The molecular weight excluding hydrogens is 372 g/mol. The van der Waals surface area contributed by atoms with E-state index in [4.69, 9.17) is 19.8 Å². The van der Waals surface area contributed by atoms with Gasteiger partial charge < -0.3 is 20.8 Å². The normalized spacial score (nSPS) is 11.1. The van der Waals surface area contributed by atoms with Gasteiger partial charge in [0.25, 0.3) is 0 Å². The second kappa shape index (κ2) is 10.6. The predicted octanol–water partition coefficient (Wildman–Crippen LogP) is 3.11. The molecule has 1 amide bonds. The van der Waals surface area contributed by atoms with Crippen LogP contribution in [0.4, 0.5) is 5.69 Å². The first kappa shape index (κ1) is 21.6. The van der Waals surface area contributed by atoms with E-state index in [1.54, 1.807) is 0 Å². The van der Waals surface area contributed by atoms with Gasteiger partial charge >= 0.3 is 11.9 Å².